The number of carbonyl (C=O) groups is 1. The highest BCUT2D eigenvalue weighted by molar-refractivity contribution is 9.10. The smallest absolute Gasteiger partial charge is 0.250 e. The predicted octanol–water partition coefficient (Wildman–Crippen LogP) is 2.76. The summed E-state index contributed by atoms with van der Waals surface area (Å²) in [5.41, 5.74) is 10.6. The molecular weight excluding hydrogens is 330 g/mol. The SMILES string of the molecule is NC(=O)c1cc(Br)ccc1NCc1ccc2c(c1)CNC2. The highest BCUT2D eigenvalue weighted by atomic mass is 79.9. The van der Waals surface area contributed by atoms with Gasteiger partial charge in [0.15, 0.2) is 0 Å². The number of benzene rings is 2. The lowest BCUT2D eigenvalue weighted by Gasteiger charge is -2.11. The first kappa shape index (κ1) is 14.1. The average molecular weight is 346 g/mol. The first-order valence-electron chi connectivity index (χ1n) is 6.78. The summed E-state index contributed by atoms with van der Waals surface area (Å²) < 4.78 is 0.838. The van der Waals surface area contributed by atoms with Gasteiger partial charge in [-0.1, -0.05) is 34.1 Å². The number of halogens is 1. The molecule has 0 aromatic heterocycles. The van der Waals surface area contributed by atoms with Crippen molar-refractivity contribution in [2.45, 2.75) is 19.6 Å². The molecule has 4 N–H and O–H groups in total. The Labute approximate surface area is 131 Å². The lowest BCUT2D eigenvalue weighted by molar-refractivity contribution is 0.100. The molecule has 5 heteroatoms. The van der Waals surface area contributed by atoms with Gasteiger partial charge in [0.2, 0.25) is 0 Å². The van der Waals surface area contributed by atoms with Gasteiger partial charge in [0.1, 0.15) is 0 Å². The number of amides is 1. The fourth-order valence-corrected chi connectivity index (χ4v) is 2.89. The van der Waals surface area contributed by atoms with Crippen LogP contribution in [0.4, 0.5) is 5.69 Å². The van der Waals surface area contributed by atoms with Gasteiger partial charge in [-0.25, -0.2) is 0 Å². The van der Waals surface area contributed by atoms with Crippen molar-refractivity contribution in [1.29, 1.82) is 0 Å². The molecule has 0 aliphatic carbocycles. The van der Waals surface area contributed by atoms with E-state index >= 15 is 0 Å². The van der Waals surface area contributed by atoms with Gasteiger partial charge in [-0.15, -0.1) is 0 Å². The van der Waals surface area contributed by atoms with Crippen molar-refractivity contribution >= 4 is 27.5 Å². The molecule has 2 aromatic rings. The molecule has 0 saturated carbocycles. The molecule has 2 aromatic carbocycles. The van der Waals surface area contributed by atoms with Gasteiger partial charge in [-0.2, -0.15) is 0 Å². The van der Waals surface area contributed by atoms with Crippen molar-refractivity contribution in [2.75, 3.05) is 5.32 Å². The molecule has 21 heavy (non-hydrogen) atoms. The standard InChI is InChI=1S/C16H16BrN3O/c17-13-3-4-15(14(6-13)16(18)21)20-7-10-1-2-11-8-19-9-12(11)5-10/h1-6,19-20H,7-9H2,(H2,18,21). The minimum absolute atomic E-state index is 0.433. The fraction of sp³-hybridized carbons (Fsp3) is 0.188. The molecule has 0 atom stereocenters. The number of hydrogen-bond donors (Lipinski definition) is 3. The Bertz CT molecular complexity index is 700. The second kappa shape index (κ2) is 5.87. The van der Waals surface area contributed by atoms with Crippen molar-refractivity contribution in [1.82, 2.24) is 5.32 Å². The molecule has 1 heterocycles. The molecule has 0 bridgehead atoms. The van der Waals surface area contributed by atoms with Crippen LogP contribution in [0, 0.1) is 0 Å². The van der Waals surface area contributed by atoms with Crippen LogP contribution in [0.3, 0.4) is 0 Å². The molecule has 0 saturated heterocycles. The molecule has 1 aliphatic heterocycles. The molecule has 0 radical (unpaired) electrons. The zero-order valence-corrected chi connectivity index (χ0v) is 13.0. The van der Waals surface area contributed by atoms with E-state index < -0.39 is 5.91 Å². The van der Waals surface area contributed by atoms with Crippen LogP contribution in [0.2, 0.25) is 0 Å². The number of primary amides is 1. The third-order valence-corrected chi connectivity index (χ3v) is 4.12. The van der Waals surface area contributed by atoms with Gasteiger partial charge in [-0.3, -0.25) is 4.79 Å². The van der Waals surface area contributed by atoms with Crippen LogP contribution in [0.25, 0.3) is 0 Å². The van der Waals surface area contributed by atoms with Gasteiger partial charge in [0.25, 0.3) is 5.91 Å². The van der Waals surface area contributed by atoms with E-state index in [0.29, 0.717) is 12.1 Å². The first-order chi connectivity index (χ1) is 10.1. The molecule has 108 valence electrons. The van der Waals surface area contributed by atoms with Gasteiger partial charge < -0.3 is 16.4 Å². The Balaban J connectivity index is 1.77. The number of nitrogens with two attached hydrogens (primary N) is 1. The predicted molar refractivity (Wildman–Crippen MR) is 87.0 cm³/mol. The Kier molecular flexibility index (Phi) is 3.94. The highest BCUT2D eigenvalue weighted by Crippen LogP contribution is 2.22. The molecule has 0 unspecified atom stereocenters. The highest BCUT2D eigenvalue weighted by Gasteiger charge is 2.11. The molecule has 4 nitrogen and oxygen atoms in total. The average Bonchev–Trinajstić information content (AvgIpc) is 2.93. The number of nitrogens with one attached hydrogen (secondary N) is 2. The largest absolute Gasteiger partial charge is 0.380 e. The molecule has 0 fully saturated rings. The summed E-state index contributed by atoms with van der Waals surface area (Å²) in [6.45, 7) is 2.53. The minimum atomic E-state index is -0.433. The molecule has 1 aliphatic rings. The summed E-state index contributed by atoms with van der Waals surface area (Å²) >= 11 is 3.35. The number of hydrogen-bond acceptors (Lipinski definition) is 3. The van der Waals surface area contributed by atoms with E-state index in [4.69, 9.17) is 5.73 Å². The van der Waals surface area contributed by atoms with Gasteiger partial charge in [0.05, 0.1) is 5.56 Å². The van der Waals surface area contributed by atoms with E-state index in [1.807, 2.05) is 12.1 Å². The van der Waals surface area contributed by atoms with E-state index in [1.165, 1.54) is 16.7 Å². The van der Waals surface area contributed by atoms with Gasteiger partial charge in [0, 0.05) is 29.8 Å². The van der Waals surface area contributed by atoms with E-state index in [0.717, 1.165) is 23.2 Å². The van der Waals surface area contributed by atoms with Crippen molar-refractivity contribution in [2.24, 2.45) is 5.73 Å². The zero-order chi connectivity index (χ0) is 14.8. The van der Waals surface area contributed by atoms with Crippen LogP contribution in [0.5, 0.6) is 0 Å². The van der Waals surface area contributed by atoms with Crippen LogP contribution >= 0.6 is 15.9 Å². The fourth-order valence-electron chi connectivity index (χ4n) is 2.53. The summed E-state index contributed by atoms with van der Waals surface area (Å²) in [6, 6.07) is 12.0. The zero-order valence-electron chi connectivity index (χ0n) is 11.4. The van der Waals surface area contributed by atoms with Crippen LogP contribution in [0.1, 0.15) is 27.0 Å². The normalized spacial score (nSPS) is 13.0. The van der Waals surface area contributed by atoms with Crippen LogP contribution < -0.4 is 16.4 Å². The Morgan fingerprint density at radius 2 is 2.00 bits per heavy atom. The summed E-state index contributed by atoms with van der Waals surface area (Å²) in [5.74, 6) is -0.433. The van der Waals surface area contributed by atoms with Crippen LogP contribution in [-0.2, 0) is 19.6 Å². The van der Waals surface area contributed by atoms with Gasteiger partial charge >= 0.3 is 0 Å². The van der Waals surface area contributed by atoms with Crippen molar-refractivity contribution in [3.63, 3.8) is 0 Å². The topological polar surface area (TPSA) is 67.2 Å². The second-order valence-electron chi connectivity index (χ2n) is 5.11. The quantitative estimate of drug-likeness (QED) is 0.798. The maximum Gasteiger partial charge on any atom is 0.250 e. The number of carbonyl (C=O) groups excluding carboxylic acids is 1. The number of anilines is 1. The van der Waals surface area contributed by atoms with Crippen molar-refractivity contribution < 1.29 is 4.79 Å². The minimum Gasteiger partial charge on any atom is -0.380 e. The Morgan fingerprint density at radius 3 is 2.81 bits per heavy atom. The summed E-state index contributed by atoms with van der Waals surface area (Å²) in [7, 11) is 0. The maximum absolute atomic E-state index is 11.5. The second-order valence-corrected chi connectivity index (χ2v) is 6.03. The summed E-state index contributed by atoms with van der Waals surface area (Å²) in [6.07, 6.45) is 0. The van der Waals surface area contributed by atoms with Crippen LogP contribution in [0.15, 0.2) is 40.9 Å². The van der Waals surface area contributed by atoms with Crippen LogP contribution in [-0.4, -0.2) is 5.91 Å². The monoisotopic (exact) mass is 345 g/mol. The summed E-state index contributed by atoms with van der Waals surface area (Å²) in [5, 5.41) is 6.62. The van der Waals surface area contributed by atoms with E-state index in [-0.39, 0.29) is 0 Å². The van der Waals surface area contributed by atoms with Crippen molar-refractivity contribution in [3.8, 4) is 0 Å². The first-order valence-corrected chi connectivity index (χ1v) is 7.57. The molecular formula is C16H16BrN3O. The Hall–Kier alpha value is -1.85. The third kappa shape index (κ3) is 3.09. The number of rotatable bonds is 4. The molecule has 0 spiro atoms. The lowest BCUT2D eigenvalue weighted by Crippen LogP contribution is -2.14. The van der Waals surface area contributed by atoms with Crippen molar-refractivity contribution in [3.05, 3.63) is 63.1 Å². The van der Waals surface area contributed by atoms with E-state index in [1.54, 1.807) is 6.07 Å². The van der Waals surface area contributed by atoms with E-state index in [2.05, 4.69) is 44.8 Å². The van der Waals surface area contributed by atoms with E-state index in [9.17, 15) is 4.79 Å². The summed E-state index contributed by atoms with van der Waals surface area (Å²) in [4.78, 5) is 11.5. The molecule has 3 rings (SSSR count). The van der Waals surface area contributed by atoms with Gasteiger partial charge in [-0.05, 0) is 34.9 Å². The lowest BCUT2D eigenvalue weighted by atomic mass is 10.1. The maximum atomic E-state index is 11.5. The Morgan fingerprint density at radius 1 is 1.19 bits per heavy atom. The number of fused-ring (bicyclic) bond motifs is 1. The molecule has 1 amide bonds. The third-order valence-electron chi connectivity index (χ3n) is 3.63.